The van der Waals surface area contributed by atoms with Crippen LogP contribution < -0.4 is 5.56 Å². The zero-order chi connectivity index (χ0) is 19.1. The van der Waals surface area contributed by atoms with Gasteiger partial charge >= 0.3 is 0 Å². The van der Waals surface area contributed by atoms with Crippen LogP contribution in [0.25, 0.3) is 33.1 Å². The Balaban J connectivity index is 1.57. The normalized spacial score (nSPS) is 14.6. The van der Waals surface area contributed by atoms with Crippen molar-refractivity contribution in [3.8, 4) is 22.9 Å². The van der Waals surface area contributed by atoms with Crippen LogP contribution in [0, 0.1) is 0 Å². The lowest BCUT2D eigenvalue weighted by molar-refractivity contribution is 0.592. The fourth-order valence-corrected chi connectivity index (χ4v) is 5.39. The summed E-state index contributed by atoms with van der Waals surface area (Å²) in [5, 5.41) is 0.783. The second-order valence-corrected chi connectivity index (χ2v) is 9.18. The molecule has 1 aliphatic rings. The molecule has 0 unspecified atom stereocenters. The van der Waals surface area contributed by atoms with Gasteiger partial charge in [-0.2, -0.15) is 0 Å². The second kappa shape index (κ2) is 7.33. The number of halogens is 1. The van der Waals surface area contributed by atoms with Crippen LogP contribution in [-0.4, -0.2) is 9.97 Å². The van der Waals surface area contributed by atoms with Gasteiger partial charge in [-0.25, -0.2) is 4.98 Å². The highest BCUT2D eigenvalue weighted by Gasteiger charge is 2.19. The van der Waals surface area contributed by atoms with Gasteiger partial charge in [0.15, 0.2) is 11.6 Å². The average molecular weight is 455 g/mol. The van der Waals surface area contributed by atoms with Gasteiger partial charge < -0.3 is 9.40 Å². The van der Waals surface area contributed by atoms with Crippen molar-refractivity contribution in [3.63, 3.8) is 0 Å². The Bertz CT molecular complexity index is 1200. The molecule has 1 N–H and O–H groups in total. The summed E-state index contributed by atoms with van der Waals surface area (Å²) in [6.07, 6.45) is 6.89. The molecule has 142 valence electrons. The maximum Gasteiger partial charge on any atom is 0.260 e. The van der Waals surface area contributed by atoms with Crippen molar-refractivity contribution in [2.75, 3.05) is 0 Å². The van der Waals surface area contributed by atoms with Gasteiger partial charge in [0.1, 0.15) is 10.6 Å². The highest BCUT2D eigenvalue weighted by atomic mass is 79.9. The summed E-state index contributed by atoms with van der Waals surface area (Å²) in [6, 6.07) is 11.7. The molecule has 4 nitrogen and oxygen atoms in total. The number of aromatic nitrogens is 2. The minimum absolute atomic E-state index is 0.0559. The Kier molecular flexibility index (Phi) is 4.69. The molecule has 0 saturated carbocycles. The first-order chi connectivity index (χ1) is 13.7. The fourth-order valence-electron chi connectivity index (χ4n) is 3.87. The third kappa shape index (κ3) is 3.25. The van der Waals surface area contributed by atoms with Gasteiger partial charge in [0, 0.05) is 14.9 Å². The van der Waals surface area contributed by atoms with Gasteiger partial charge in [-0.1, -0.05) is 40.9 Å². The van der Waals surface area contributed by atoms with Crippen LogP contribution in [0.5, 0.6) is 0 Å². The van der Waals surface area contributed by atoms with E-state index >= 15 is 0 Å². The van der Waals surface area contributed by atoms with Crippen LogP contribution in [0.1, 0.15) is 36.1 Å². The number of hydrogen-bond acceptors (Lipinski definition) is 4. The molecule has 0 spiro atoms. The SMILES string of the molecule is O=c1[nH]c(-c2ccc(-c3ccc(Br)cc3)o2)nc2sc3c(c12)CCCCCC3. The molecule has 1 aliphatic carbocycles. The Labute approximate surface area is 174 Å². The van der Waals surface area contributed by atoms with Crippen LogP contribution >= 0.6 is 27.3 Å². The Hall–Kier alpha value is -2.18. The molecule has 3 heterocycles. The molecule has 0 saturated heterocycles. The molecule has 0 aliphatic heterocycles. The van der Waals surface area contributed by atoms with Gasteiger partial charge in [-0.3, -0.25) is 4.79 Å². The van der Waals surface area contributed by atoms with E-state index in [4.69, 9.17) is 9.40 Å². The molecule has 0 fully saturated rings. The lowest BCUT2D eigenvalue weighted by Gasteiger charge is -2.08. The van der Waals surface area contributed by atoms with E-state index in [2.05, 4.69) is 20.9 Å². The van der Waals surface area contributed by atoms with E-state index < -0.39 is 0 Å². The predicted octanol–water partition coefficient (Wildman–Crippen LogP) is 6.33. The summed E-state index contributed by atoms with van der Waals surface area (Å²) in [5.41, 5.74) is 2.15. The highest BCUT2D eigenvalue weighted by molar-refractivity contribution is 9.10. The smallest absolute Gasteiger partial charge is 0.260 e. The largest absolute Gasteiger partial charge is 0.453 e. The molecular formula is C22H19BrN2O2S. The van der Waals surface area contributed by atoms with Gasteiger partial charge in [0.2, 0.25) is 0 Å². The quantitative estimate of drug-likeness (QED) is 0.384. The van der Waals surface area contributed by atoms with Crippen LogP contribution in [-0.2, 0) is 12.8 Å². The van der Waals surface area contributed by atoms with Gasteiger partial charge in [0.25, 0.3) is 5.56 Å². The Morgan fingerprint density at radius 1 is 0.964 bits per heavy atom. The predicted molar refractivity (Wildman–Crippen MR) is 117 cm³/mol. The first kappa shape index (κ1) is 17.9. The minimum atomic E-state index is -0.0559. The van der Waals surface area contributed by atoms with Crippen molar-refractivity contribution >= 4 is 37.5 Å². The zero-order valence-electron chi connectivity index (χ0n) is 15.3. The number of aryl methyl sites for hydroxylation is 2. The van der Waals surface area contributed by atoms with Crippen molar-refractivity contribution in [3.05, 3.63) is 61.7 Å². The molecule has 5 rings (SSSR count). The molecule has 0 atom stereocenters. The summed E-state index contributed by atoms with van der Waals surface area (Å²) < 4.78 is 7.02. The number of aromatic amines is 1. The molecule has 1 aromatic carbocycles. The molecule has 28 heavy (non-hydrogen) atoms. The van der Waals surface area contributed by atoms with Gasteiger partial charge in [0.05, 0.1) is 5.39 Å². The number of benzene rings is 1. The lowest BCUT2D eigenvalue weighted by atomic mass is 9.98. The number of hydrogen-bond donors (Lipinski definition) is 1. The molecule has 4 aromatic rings. The third-order valence-electron chi connectivity index (χ3n) is 5.29. The van der Waals surface area contributed by atoms with Gasteiger partial charge in [-0.05, 0) is 55.5 Å². The molecule has 3 aromatic heterocycles. The standard InChI is InChI=1S/C22H19BrN2O2S/c23-14-9-7-13(8-10-14)16-11-12-17(27-16)20-24-21(26)19-15-5-3-1-2-4-6-18(15)28-22(19)25-20/h7-12H,1-6H2,(H,24,25,26). The monoisotopic (exact) mass is 454 g/mol. The van der Waals surface area contributed by atoms with E-state index in [9.17, 15) is 4.79 Å². The van der Waals surface area contributed by atoms with Crippen LogP contribution in [0.2, 0.25) is 0 Å². The van der Waals surface area contributed by atoms with Crippen LogP contribution in [0.15, 0.2) is 50.1 Å². The second-order valence-electron chi connectivity index (χ2n) is 7.18. The van der Waals surface area contributed by atoms with Crippen molar-refractivity contribution < 1.29 is 4.42 Å². The zero-order valence-corrected chi connectivity index (χ0v) is 17.7. The number of furan rings is 1. The number of H-pyrrole nitrogens is 1. The summed E-state index contributed by atoms with van der Waals surface area (Å²) in [4.78, 5) is 22.7. The highest BCUT2D eigenvalue weighted by Crippen LogP contribution is 2.34. The molecule has 0 radical (unpaired) electrons. The van der Waals surface area contributed by atoms with E-state index in [-0.39, 0.29) is 5.56 Å². The average Bonchev–Trinajstić information content (AvgIpc) is 3.28. The fraction of sp³-hybridized carbons (Fsp3) is 0.273. The molecule has 6 heteroatoms. The third-order valence-corrected chi connectivity index (χ3v) is 7.01. The van der Waals surface area contributed by atoms with E-state index in [1.54, 1.807) is 11.3 Å². The van der Waals surface area contributed by atoms with Gasteiger partial charge in [-0.15, -0.1) is 11.3 Å². The van der Waals surface area contributed by atoms with E-state index in [1.807, 2.05) is 36.4 Å². The first-order valence-electron chi connectivity index (χ1n) is 9.60. The number of nitrogens with zero attached hydrogens (tertiary/aromatic N) is 1. The maximum absolute atomic E-state index is 12.9. The number of rotatable bonds is 2. The Morgan fingerprint density at radius 2 is 1.71 bits per heavy atom. The summed E-state index contributed by atoms with van der Waals surface area (Å²) in [7, 11) is 0. The summed E-state index contributed by atoms with van der Waals surface area (Å²) in [6.45, 7) is 0. The van der Waals surface area contributed by atoms with Crippen molar-refractivity contribution in [2.45, 2.75) is 38.5 Å². The first-order valence-corrected chi connectivity index (χ1v) is 11.2. The summed E-state index contributed by atoms with van der Waals surface area (Å²) >= 11 is 5.12. The Morgan fingerprint density at radius 3 is 2.54 bits per heavy atom. The number of thiophene rings is 1. The maximum atomic E-state index is 12.9. The van der Waals surface area contributed by atoms with Crippen molar-refractivity contribution in [2.24, 2.45) is 0 Å². The molecule has 0 bridgehead atoms. The van der Waals surface area contributed by atoms with E-state index in [1.165, 1.54) is 29.7 Å². The lowest BCUT2D eigenvalue weighted by Crippen LogP contribution is -2.10. The van der Waals surface area contributed by atoms with E-state index in [0.29, 0.717) is 11.6 Å². The van der Waals surface area contributed by atoms with E-state index in [0.717, 1.165) is 45.3 Å². The number of fused-ring (bicyclic) bond motifs is 3. The molecule has 0 amide bonds. The number of nitrogens with one attached hydrogen (secondary N) is 1. The minimum Gasteiger partial charge on any atom is -0.453 e. The topological polar surface area (TPSA) is 58.9 Å². The summed E-state index contributed by atoms with van der Waals surface area (Å²) in [5.74, 6) is 1.83. The van der Waals surface area contributed by atoms with Crippen molar-refractivity contribution in [1.82, 2.24) is 9.97 Å². The van der Waals surface area contributed by atoms with Crippen molar-refractivity contribution in [1.29, 1.82) is 0 Å². The van der Waals surface area contributed by atoms with Crippen LogP contribution in [0.3, 0.4) is 0 Å². The molecular weight excluding hydrogens is 436 g/mol. The van der Waals surface area contributed by atoms with Crippen LogP contribution in [0.4, 0.5) is 0 Å².